The van der Waals surface area contributed by atoms with Crippen molar-refractivity contribution < 1.29 is 13.7 Å². The summed E-state index contributed by atoms with van der Waals surface area (Å²) >= 11 is 1.30. The number of rotatable bonds is 5. The predicted molar refractivity (Wildman–Crippen MR) is 116 cm³/mol. The fourth-order valence-electron chi connectivity index (χ4n) is 3.02. The van der Waals surface area contributed by atoms with E-state index in [9.17, 15) is 4.79 Å². The fraction of sp³-hybridized carbons (Fsp3) is 0.273. The molecule has 1 aromatic carbocycles. The molecule has 7 nitrogen and oxygen atoms in total. The van der Waals surface area contributed by atoms with Crippen LogP contribution < -0.4 is 5.32 Å². The summed E-state index contributed by atoms with van der Waals surface area (Å²) in [6.45, 7) is 9.61. The van der Waals surface area contributed by atoms with E-state index in [0.717, 1.165) is 11.3 Å². The van der Waals surface area contributed by atoms with Gasteiger partial charge in [0.2, 0.25) is 0 Å². The number of anilines is 1. The van der Waals surface area contributed by atoms with Crippen LogP contribution in [0.15, 0.2) is 39.3 Å². The highest BCUT2D eigenvalue weighted by atomic mass is 32.1. The molecule has 0 aliphatic rings. The van der Waals surface area contributed by atoms with Gasteiger partial charge < -0.3 is 14.3 Å². The molecule has 4 rings (SSSR count). The molecule has 0 radical (unpaired) electrons. The average molecular weight is 423 g/mol. The Balaban J connectivity index is 1.66. The molecular weight excluding hydrogens is 400 g/mol. The minimum atomic E-state index is -0.237. The molecule has 0 bridgehead atoms. The number of hydrogen-bond acceptors (Lipinski definition) is 7. The zero-order valence-corrected chi connectivity index (χ0v) is 18.3. The summed E-state index contributed by atoms with van der Waals surface area (Å²) in [5.41, 5.74) is 2.88. The number of nitrogens with zero attached hydrogens (tertiary/aromatic N) is 3. The second-order valence-electron chi connectivity index (χ2n) is 7.41. The molecule has 1 amide bonds. The molecule has 0 atom stereocenters. The number of benzene rings is 1. The van der Waals surface area contributed by atoms with E-state index in [1.165, 1.54) is 11.3 Å². The van der Waals surface area contributed by atoms with Crippen LogP contribution in [0.1, 0.15) is 52.3 Å². The Kier molecular flexibility index (Phi) is 5.26. The van der Waals surface area contributed by atoms with Gasteiger partial charge in [-0.3, -0.25) is 4.79 Å². The smallest absolute Gasteiger partial charge is 0.267 e. The third kappa shape index (κ3) is 3.78. The molecule has 154 valence electrons. The fourth-order valence-corrected chi connectivity index (χ4v) is 3.95. The van der Waals surface area contributed by atoms with Crippen molar-refractivity contribution in [2.75, 3.05) is 5.32 Å². The van der Waals surface area contributed by atoms with Gasteiger partial charge in [-0.1, -0.05) is 31.1 Å². The van der Waals surface area contributed by atoms with Crippen molar-refractivity contribution in [3.63, 3.8) is 0 Å². The Morgan fingerprint density at radius 2 is 1.90 bits per heavy atom. The van der Waals surface area contributed by atoms with Gasteiger partial charge in [-0.15, -0.1) is 11.3 Å². The van der Waals surface area contributed by atoms with Crippen molar-refractivity contribution in [3.8, 4) is 22.2 Å². The van der Waals surface area contributed by atoms with E-state index in [1.54, 1.807) is 0 Å². The van der Waals surface area contributed by atoms with E-state index in [-0.39, 0.29) is 11.8 Å². The van der Waals surface area contributed by atoms with Gasteiger partial charge in [-0.2, -0.15) is 4.98 Å². The van der Waals surface area contributed by atoms with Crippen molar-refractivity contribution in [3.05, 3.63) is 58.1 Å². The standard InChI is InChI=1S/C22H22N4O3S/c1-11(2)19-25-21(29-26-19)15-8-6-7-12(3)17(15)24-20(27)18-14(5)23-22(30-18)16-10-9-13(4)28-16/h6-11H,1-5H3,(H,24,27). The number of aryl methyl sites for hydroxylation is 3. The Morgan fingerprint density at radius 3 is 2.57 bits per heavy atom. The second kappa shape index (κ2) is 7.87. The first-order chi connectivity index (χ1) is 14.3. The van der Waals surface area contributed by atoms with Gasteiger partial charge in [-0.25, -0.2) is 4.98 Å². The lowest BCUT2D eigenvalue weighted by molar-refractivity contribution is 0.102. The molecule has 0 saturated heterocycles. The summed E-state index contributed by atoms with van der Waals surface area (Å²) in [5, 5.41) is 7.73. The minimum Gasteiger partial charge on any atom is -0.459 e. The Bertz CT molecular complexity index is 1220. The van der Waals surface area contributed by atoms with Crippen LogP contribution in [0.2, 0.25) is 0 Å². The maximum absolute atomic E-state index is 13.1. The zero-order valence-electron chi connectivity index (χ0n) is 17.4. The lowest BCUT2D eigenvalue weighted by atomic mass is 10.1. The lowest BCUT2D eigenvalue weighted by Crippen LogP contribution is -2.13. The minimum absolute atomic E-state index is 0.147. The third-order valence-corrected chi connectivity index (χ3v) is 5.82. The normalized spacial score (nSPS) is 11.3. The van der Waals surface area contributed by atoms with Gasteiger partial charge in [0.1, 0.15) is 10.6 Å². The molecule has 0 aliphatic carbocycles. The molecule has 0 saturated carbocycles. The number of carbonyl (C=O) groups is 1. The lowest BCUT2D eigenvalue weighted by Gasteiger charge is -2.11. The number of aromatic nitrogens is 3. The van der Waals surface area contributed by atoms with E-state index in [2.05, 4.69) is 20.4 Å². The largest absolute Gasteiger partial charge is 0.459 e. The first-order valence-corrected chi connectivity index (χ1v) is 10.4. The highest BCUT2D eigenvalue weighted by Crippen LogP contribution is 2.33. The molecule has 30 heavy (non-hydrogen) atoms. The first kappa shape index (κ1) is 20.0. The van der Waals surface area contributed by atoms with Crippen LogP contribution in [0.25, 0.3) is 22.2 Å². The van der Waals surface area contributed by atoms with Gasteiger partial charge in [0.15, 0.2) is 16.6 Å². The van der Waals surface area contributed by atoms with Gasteiger partial charge in [0.25, 0.3) is 11.8 Å². The summed E-state index contributed by atoms with van der Waals surface area (Å²) in [6, 6.07) is 9.42. The van der Waals surface area contributed by atoms with E-state index >= 15 is 0 Å². The maximum Gasteiger partial charge on any atom is 0.267 e. The van der Waals surface area contributed by atoms with Crippen molar-refractivity contribution in [2.24, 2.45) is 0 Å². The van der Waals surface area contributed by atoms with Crippen LogP contribution in [0.3, 0.4) is 0 Å². The third-order valence-electron chi connectivity index (χ3n) is 4.65. The molecule has 0 spiro atoms. The molecule has 1 N–H and O–H groups in total. The summed E-state index contributed by atoms with van der Waals surface area (Å²) in [4.78, 5) is 22.6. The molecule has 4 aromatic rings. The van der Waals surface area contributed by atoms with Crippen molar-refractivity contribution in [2.45, 2.75) is 40.5 Å². The number of amides is 1. The summed E-state index contributed by atoms with van der Waals surface area (Å²) < 4.78 is 11.1. The summed E-state index contributed by atoms with van der Waals surface area (Å²) in [6.07, 6.45) is 0. The SMILES string of the molecule is Cc1ccc(-c2nc(C)c(C(=O)Nc3c(C)cccc3-c3nc(C(C)C)no3)s2)o1. The Labute approximate surface area is 178 Å². The van der Waals surface area contributed by atoms with Crippen LogP contribution in [0.4, 0.5) is 5.69 Å². The molecule has 0 unspecified atom stereocenters. The highest BCUT2D eigenvalue weighted by molar-refractivity contribution is 7.17. The van der Waals surface area contributed by atoms with E-state index < -0.39 is 0 Å². The molecule has 8 heteroatoms. The van der Waals surface area contributed by atoms with Crippen LogP contribution in [-0.2, 0) is 0 Å². The molecular formula is C22H22N4O3S. The van der Waals surface area contributed by atoms with Crippen molar-refractivity contribution in [1.29, 1.82) is 0 Å². The van der Waals surface area contributed by atoms with Crippen LogP contribution in [-0.4, -0.2) is 21.0 Å². The van der Waals surface area contributed by atoms with Crippen molar-refractivity contribution in [1.82, 2.24) is 15.1 Å². The van der Waals surface area contributed by atoms with E-state index in [1.807, 2.05) is 65.0 Å². The monoisotopic (exact) mass is 422 g/mol. The molecule has 3 aromatic heterocycles. The number of para-hydroxylation sites is 1. The number of carbonyl (C=O) groups excluding carboxylic acids is 1. The first-order valence-electron chi connectivity index (χ1n) is 9.62. The topological polar surface area (TPSA) is 94.1 Å². The number of nitrogens with one attached hydrogen (secondary N) is 1. The van der Waals surface area contributed by atoms with Gasteiger partial charge in [-0.05, 0) is 44.5 Å². The number of thiazole rings is 1. The van der Waals surface area contributed by atoms with Crippen molar-refractivity contribution >= 4 is 22.9 Å². The number of furan rings is 1. The Hall–Kier alpha value is -3.26. The average Bonchev–Trinajstić information content (AvgIpc) is 3.42. The molecule has 0 fully saturated rings. The highest BCUT2D eigenvalue weighted by Gasteiger charge is 2.22. The second-order valence-corrected chi connectivity index (χ2v) is 8.41. The quantitative estimate of drug-likeness (QED) is 0.440. The van der Waals surface area contributed by atoms with Gasteiger partial charge in [0.05, 0.1) is 16.9 Å². The number of hydrogen-bond donors (Lipinski definition) is 1. The molecule has 0 aliphatic heterocycles. The van der Waals surface area contributed by atoms with Crippen LogP contribution in [0, 0.1) is 20.8 Å². The van der Waals surface area contributed by atoms with Gasteiger partial charge in [0, 0.05) is 5.92 Å². The maximum atomic E-state index is 13.1. The summed E-state index contributed by atoms with van der Waals surface area (Å²) in [5.74, 6) is 2.37. The van der Waals surface area contributed by atoms with E-state index in [0.29, 0.717) is 44.3 Å². The van der Waals surface area contributed by atoms with Gasteiger partial charge >= 0.3 is 0 Å². The zero-order chi connectivity index (χ0) is 21.4. The predicted octanol–water partition coefficient (Wildman–Crippen LogP) is 5.75. The Morgan fingerprint density at radius 1 is 1.10 bits per heavy atom. The summed E-state index contributed by atoms with van der Waals surface area (Å²) in [7, 11) is 0. The van der Waals surface area contributed by atoms with E-state index in [4.69, 9.17) is 8.94 Å². The van der Waals surface area contributed by atoms with Crippen LogP contribution in [0.5, 0.6) is 0 Å². The molecule has 3 heterocycles. The van der Waals surface area contributed by atoms with Crippen LogP contribution >= 0.6 is 11.3 Å².